The third kappa shape index (κ3) is 4.38. The van der Waals surface area contributed by atoms with Gasteiger partial charge in [-0.3, -0.25) is 0 Å². The highest BCUT2D eigenvalue weighted by Gasteiger charge is 2.26. The minimum absolute atomic E-state index is 0.00706. The average molecular weight is 399 g/mol. The van der Waals surface area contributed by atoms with E-state index in [4.69, 9.17) is 0 Å². The Bertz CT molecular complexity index is 938. The van der Waals surface area contributed by atoms with Gasteiger partial charge in [0.15, 0.2) is 0 Å². The fourth-order valence-corrected chi connectivity index (χ4v) is 4.26. The second-order valence-electron chi connectivity index (χ2n) is 9.81. The minimum atomic E-state index is -0.0145. The van der Waals surface area contributed by atoms with Gasteiger partial charge >= 0.3 is 0 Å². The Morgan fingerprint density at radius 2 is 0.900 bits per heavy atom. The van der Waals surface area contributed by atoms with E-state index < -0.39 is 0 Å². The van der Waals surface area contributed by atoms with Crippen molar-refractivity contribution < 1.29 is 0 Å². The van der Waals surface area contributed by atoms with E-state index in [0.29, 0.717) is 5.92 Å². The fraction of sp³-hybridized carbons (Fsp3) is 0.400. The monoisotopic (exact) mass is 398 g/mol. The number of benzene rings is 3. The molecular formula is C30H38. The number of hydrogen-bond acceptors (Lipinski definition) is 0. The van der Waals surface area contributed by atoms with Crippen LogP contribution in [-0.2, 0) is 17.3 Å². The van der Waals surface area contributed by atoms with Crippen LogP contribution in [0.4, 0.5) is 0 Å². The second kappa shape index (κ2) is 8.80. The molecule has 0 aliphatic heterocycles. The number of aryl methyl sites for hydroxylation is 1. The number of hydrogen-bond donors (Lipinski definition) is 0. The molecule has 3 aromatic rings. The highest BCUT2D eigenvalue weighted by Crippen LogP contribution is 2.36. The van der Waals surface area contributed by atoms with Crippen molar-refractivity contribution in [3.63, 3.8) is 0 Å². The molecule has 0 fully saturated rings. The molecule has 0 heteroatoms. The Kier molecular flexibility index (Phi) is 6.56. The molecule has 0 nitrogen and oxygen atoms in total. The van der Waals surface area contributed by atoms with E-state index >= 15 is 0 Å². The molecule has 0 N–H and O–H groups in total. The molecule has 0 radical (unpaired) electrons. The van der Waals surface area contributed by atoms with Crippen molar-refractivity contribution in [3.05, 3.63) is 106 Å². The summed E-state index contributed by atoms with van der Waals surface area (Å²) in [6, 6.07) is 27.6. The average Bonchev–Trinajstić information content (AvgIpc) is 2.78. The molecule has 0 saturated heterocycles. The molecule has 30 heavy (non-hydrogen) atoms. The molecule has 0 aliphatic rings. The van der Waals surface area contributed by atoms with Crippen molar-refractivity contribution >= 4 is 0 Å². The van der Waals surface area contributed by atoms with Crippen LogP contribution in [0.3, 0.4) is 0 Å². The molecule has 0 aromatic heterocycles. The summed E-state index contributed by atoms with van der Waals surface area (Å²) in [5, 5.41) is 0. The predicted octanol–water partition coefficient (Wildman–Crippen LogP) is 8.41. The van der Waals surface area contributed by atoms with Gasteiger partial charge in [-0.05, 0) is 52.1 Å². The lowest BCUT2D eigenvalue weighted by Crippen LogP contribution is -2.21. The number of rotatable bonds is 7. The highest BCUT2D eigenvalue weighted by atomic mass is 14.3. The Balaban J connectivity index is 1.86. The van der Waals surface area contributed by atoms with Crippen LogP contribution in [0.15, 0.2) is 72.8 Å². The second-order valence-corrected chi connectivity index (χ2v) is 9.81. The SMILES string of the molecule is CCc1ccc(C(C)(C)c2ccc(C(C)(C)c3ccc(C(C)CC)cc3)cc2)cc1. The zero-order valence-electron chi connectivity index (χ0n) is 19.9. The van der Waals surface area contributed by atoms with Crippen LogP contribution in [0, 0.1) is 0 Å². The van der Waals surface area contributed by atoms with Gasteiger partial charge in [0.1, 0.15) is 0 Å². The molecule has 0 bridgehead atoms. The van der Waals surface area contributed by atoms with Gasteiger partial charge in [0.05, 0.1) is 0 Å². The molecule has 3 aromatic carbocycles. The van der Waals surface area contributed by atoms with Crippen molar-refractivity contribution in [2.24, 2.45) is 0 Å². The Hall–Kier alpha value is -2.34. The standard InChI is InChI=1S/C30H38/c1-8-22(3)24-12-16-26(17-13-24)30(6,7)28-20-18-27(19-21-28)29(4,5)25-14-10-23(9-2)11-15-25/h10-22H,8-9H2,1-7H3. The fourth-order valence-electron chi connectivity index (χ4n) is 4.26. The van der Waals surface area contributed by atoms with Crippen molar-refractivity contribution in [2.45, 2.75) is 78.1 Å². The highest BCUT2D eigenvalue weighted by molar-refractivity contribution is 5.44. The van der Waals surface area contributed by atoms with Gasteiger partial charge in [-0.2, -0.15) is 0 Å². The van der Waals surface area contributed by atoms with Crippen molar-refractivity contribution in [1.82, 2.24) is 0 Å². The van der Waals surface area contributed by atoms with Crippen LogP contribution in [0.1, 0.15) is 94.2 Å². The van der Waals surface area contributed by atoms with E-state index in [0.717, 1.165) is 6.42 Å². The molecule has 0 spiro atoms. The Morgan fingerprint density at radius 1 is 0.567 bits per heavy atom. The van der Waals surface area contributed by atoms with Gasteiger partial charge in [-0.25, -0.2) is 0 Å². The van der Waals surface area contributed by atoms with Gasteiger partial charge in [-0.1, -0.05) is 121 Å². The maximum absolute atomic E-state index is 2.33. The first kappa shape index (κ1) is 22.3. The summed E-state index contributed by atoms with van der Waals surface area (Å²) < 4.78 is 0. The van der Waals surface area contributed by atoms with E-state index in [1.165, 1.54) is 39.8 Å². The first-order valence-corrected chi connectivity index (χ1v) is 11.5. The van der Waals surface area contributed by atoms with E-state index in [9.17, 15) is 0 Å². The third-order valence-electron chi connectivity index (χ3n) is 7.23. The summed E-state index contributed by atoms with van der Waals surface area (Å²) in [5.41, 5.74) is 8.27. The van der Waals surface area contributed by atoms with E-state index in [1.807, 2.05) is 0 Å². The van der Waals surface area contributed by atoms with Crippen molar-refractivity contribution in [3.8, 4) is 0 Å². The van der Waals surface area contributed by atoms with Crippen LogP contribution in [0.2, 0.25) is 0 Å². The molecule has 0 aliphatic carbocycles. The van der Waals surface area contributed by atoms with Gasteiger partial charge in [0.25, 0.3) is 0 Å². The Labute approximate surface area is 184 Å². The summed E-state index contributed by atoms with van der Waals surface area (Å²) in [6.45, 7) is 16.1. The molecule has 1 atom stereocenters. The largest absolute Gasteiger partial charge is 0.0648 e. The molecule has 0 saturated carbocycles. The Morgan fingerprint density at radius 3 is 1.23 bits per heavy atom. The molecule has 0 heterocycles. The van der Waals surface area contributed by atoms with Crippen LogP contribution in [-0.4, -0.2) is 0 Å². The lowest BCUT2D eigenvalue weighted by molar-refractivity contribution is 0.625. The van der Waals surface area contributed by atoms with E-state index in [2.05, 4.69) is 121 Å². The summed E-state index contributed by atoms with van der Waals surface area (Å²) in [5.74, 6) is 0.620. The predicted molar refractivity (Wildman–Crippen MR) is 132 cm³/mol. The van der Waals surface area contributed by atoms with Crippen LogP contribution in [0.25, 0.3) is 0 Å². The summed E-state index contributed by atoms with van der Waals surface area (Å²) in [4.78, 5) is 0. The van der Waals surface area contributed by atoms with E-state index in [-0.39, 0.29) is 10.8 Å². The van der Waals surface area contributed by atoms with Gasteiger partial charge in [0, 0.05) is 10.8 Å². The molecule has 1 unspecified atom stereocenters. The normalized spacial score (nSPS) is 13.3. The zero-order chi connectivity index (χ0) is 21.9. The maximum atomic E-state index is 2.33. The molecule has 3 rings (SSSR count). The first-order valence-electron chi connectivity index (χ1n) is 11.5. The van der Waals surface area contributed by atoms with E-state index in [1.54, 1.807) is 0 Å². The maximum Gasteiger partial charge on any atom is 0.0146 e. The summed E-state index contributed by atoms with van der Waals surface area (Å²) in [6.07, 6.45) is 2.27. The topological polar surface area (TPSA) is 0 Å². The minimum Gasteiger partial charge on any atom is -0.0648 e. The smallest absolute Gasteiger partial charge is 0.0146 e. The summed E-state index contributed by atoms with van der Waals surface area (Å²) >= 11 is 0. The van der Waals surface area contributed by atoms with Crippen molar-refractivity contribution in [1.29, 1.82) is 0 Å². The van der Waals surface area contributed by atoms with Gasteiger partial charge < -0.3 is 0 Å². The van der Waals surface area contributed by atoms with Crippen LogP contribution < -0.4 is 0 Å². The molecule has 0 amide bonds. The zero-order valence-corrected chi connectivity index (χ0v) is 19.9. The quantitative estimate of drug-likeness (QED) is 0.375. The van der Waals surface area contributed by atoms with Crippen LogP contribution in [0.5, 0.6) is 0 Å². The lowest BCUT2D eigenvalue weighted by Gasteiger charge is -2.30. The van der Waals surface area contributed by atoms with Gasteiger partial charge in [-0.15, -0.1) is 0 Å². The van der Waals surface area contributed by atoms with Crippen molar-refractivity contribution in [2.75, 3.05) is 0 Å². The van der Waals surface area contributed by atoms with Crippen LogP contribution >= 0.6 is 0 Å². The summed E-state index contributed by atoms with van der Waals surface area (Å²) in [7, 11) is 0. The molecule has 158 valence electrons. The lowest BCUT2D eigenvalue weighted by atomic mass is 9.74. The third-order valence-corrected chi connectivity index (χ3v) is 7.23. The first-order chi connectivity index (χ1) is 14.2. The van der Waals surface area contributed by atoms with Gasteiger partial charge in [0.2, 0.25) is 0 Å². The molecular weight excluding hydrogens is 360 g/mol.